The first-order valence-corrected chi connectivity index (χ1v) is 6.31. The highest BCUT2D eigenvalue weighted by atomic mass is 19.1. The van der Waals surface area contributed by atoms with Gasteiger partial charge in [0.25, 0.3) is 5.91 Å². The van der Waals surface area contributed by atoms with Gasteiger partial charge in [-0.25, -0.2) is 4.98 Å². The van der Waals surface area contributed by atoms with Gasteiger partial charge in [-0.15, -0.1) is 0 Å². The number of halogens is 1. The van der Waals surface area contributed by atoms with Crippen LogP contribution in [0.3, 0.4) is 0 Å². The van der Waals surface area contributed by atoms with Gasteiger partial charge in [-0.05, 0) is 24.0 Å². The first kappa shape index (κ1) is 14.6. The highest BCUT2D eigenvalue weighted by Crippen LogP contribution is 2.12. The van der Waals surface area contributed by atoms with E-state index in [4.69, 9.17) is 0 Å². The summed E-state index contributed by atoms with van der Waals surface area (Å²) in [4.78, 5) is 17.5. The molecular weight excluding hydrogens is 231 g/mol. The van der Waals surface area contributed by atoms with Crippen molar-refractivity contribution < 1.29 is 9.18 Å². The van der Waals surface area contributed by atoms with Crippen molar-refractivity contribution in [2.45, 2.75) is 27.7 Å². The number of aromatic nitrogens is 1. The lowest BCUT2D eigenvalue weighted by Gasteiger charge is -2.26. The van der Waals surface area contributed by atoms with Crippen molar-refractivity contribution in [2.24, 2.45) is 11.8 Å². The van der Waals surface area contributed by atoms with Gasteiger partial charge in [-0.3, -0.25) is 4.79 Å². The van der Waals surface area contributed by atoms with Gasteiger partial charge in [0.1, 0.15) is 0 Å². The number of carbonyl (C=O) groups excluding carboxylic acids is 1. The van der Waals surface area contributed by atoms with Crippen molar-refractivity contribution in [1.82, 2.24) is 9.88 Å². The summed E-state index contributed by atoms with van der Waals surface area (Å²) >= 11 is 0. The fourth-order valence-corrected chi connectivity index (χ4v) is 1.84. The molecule has 0 bridgehead atoms. The van der Waals surface area contributed by atoms with Crippen molar-refractivity contribution in [2.75, 3.05) is 13.1 Å². The summed E-state index contributed by atoms with van der Waals surface area (Å²) < 4.78 is 13.5. The zero-order valence-electron chi connectivity index (χ0n) is 11.5. The number of nitrogens with zero attached hydrogens (tertiary/aromatic N) is 2. The fraction of sp³-hybridized carbons (Fsp3) is 0.571. The summed E-state index contributed by atoms with van der Waals surface area (Å²) in [5, 5.41) is 0. The standard InChI is InChI=1S/C14H21FN2O/c1-10(2)8-17(9-11(3)4)14(18)12-6-5-7-16-13(12)15/h5-7,10-11H,8-9H2,1-4H3. The molecule has 100 valence electrons. The van der Waals surface area contributed by atoms with Crippen molar-refractivity contribution in [3.8, 4) is 0 Å². The van der Waals surface area contributed by atoms with E-state index in [1.54, 1.807) is 11.0 Å². The van der Waals surface area contributed by atoms with Crippen molar-refractivity contribution >= 4 is 5.91 Å². The normalized spacial score (nSPS) is 11.1. The number of rotatable bonds is 5. The molecule has 0 aromatic carbocycles. The molecule has 0 radical (unpaired) electrons. The molecule has 0 spiro atoms. The third-order valence-corrected chi connectivity index (χ3v) is 2.45. The lowest BCUT2D eigenvalue weighted by Crippen LogP contribution is -2.37. The molecule has 0 fully saturated rings. The van der Waals surface area contributed by atoms with E-state index in [1.807, 2.05) is 27.7 Å². The fourth-order valence-electron chi connectivity index (χ4n) is 1.84. The highest BCUT2D eigenvalue weighted by Gasteiger charge is 2.21. The summed E-state index contributed by atoms with van der Waals surface area (Å²) in [5.41, 5.74) is 0.0544. The van der Waals surface area contributed by atoms with Crippen LogP contribution in [0.1, 0.15) is 38.1 Å². The third kappa shape index (κ3) is 4.09. The first-order valence-electron chi connectivity index (χ1n) is 6.31. The van der Waals surface area contributed by atoms with E-state index in [2.05, 4.69) is 4.98 Å². The molecule has 0 aliphatic heterocycles. The van der Waals surface area contributed by atoms with Gasteiger partial charge in [-0.1, -0.05) is 27.7 Å². The van der Waals surface area contributed by atoms with Crippen LogP contribution in [0.5, 0.6) is 0 Å². The topological polar surface area (TPSA) is 33.2 Å². The summed E-state index contributed by atoms with van der Waals surface area (Å²) in [6.07, 6.45) is 1.35. The van der Waals surface area contributed by atoms with E-state index in [0.29, 0.717) is 24.9 Å². The van der Waals surface area contributed by atoms with Gasteiger partial charge in [0.05, 0.1) is 5.56 Å². The van der Waals surface area contributed by atoms with Crippen molar-refractivity contribution in [3.63, 3.8) is 0 Å². The molecule has 0 unspecified atom stereocenters. The van der Waals surface area contributed by atoms with Crippen LogP contribution in [0.25, 0.3) is 0 Å². The maximum absolute atomic E-state index is 13.5. The van der Waals surface area contributed by atoms with E-state index in [9.17, 15) is 9.18 Å². The Balaban J connectivity index is 2.91. The summed E-state index contributed by atoms with van der Waals surface area (Å²) in [6.45, 7) is 9.43. The number of hydrogen-bond donors (Lipinski definition) is 0. The minimum Gasteiger partial charge on any atom is -0.338 e. The molecule has 1 aromatic rings. The summed E-state index contributed by atoms with van der Waals surface area (Å²) in [6, 6.07) is 3.07. The lowest BCUT2D eigenvalue weighted by atomic mass is 10.1. The van der Waals surface area contributed by atoms with Gasteiger partial charge in [0.15, 0.2) is 0 Å². The Kier molecular flexibility index (Phi) is 5.25. The molecule has 18 heavy (non-hydrogen) atoms. The monoisotopic (exact) mass is 252 g/mol. The predicted octanol–water partition coefficient (Wildman–Crippen LogP) is 2.97. The van der Waals surface area contributed by atoms with Crippen LogP contribution in [0, 0.1) is 17.8 Å². The molecular formula is C14H21FN2O. The molecule has 0 aliphatic carbocycles. The van der Waals surface area contributed by atoms with Crippen LogP contribution < -0.4 is 0 Å². The van der Waals surface area contributed by atoms with Gasteiger partial charge in [0.2, 0.25) is 5.95 Å². The van der Waals surface area contributed by atoms with Crippen LogP contribution in [0.4, 0.5) is 4.39 Å². The van der Waals surface area contributed by atoms with Crippen LogP contribution in [0.15, 0.2) is 18.3 Å². The van der Waals surface area contributed by atoms with Gasteiger partial charge >= 0.3 is 0 Å². The second-order valence-corrected chi connectivity index (χ2v) is 5.34. The zero-order chi connectivity index (χ0) is 13.7. The van der Waals surface area contributed by atoms with Crippen molar-refractivity contribution in [1.29, 1.82) is 0 Å². The molecule has 4 heteroatoms. The molecule has 1 heterocycles. The highest BCUT2D eigenvalue weighted by molar-refractivity contribution is 5.94. The molecule has 0 N–H and O–H groups in total. The maximum atomic E-state index is 13.5. The second-order valence-electron chi connectivity index (χ2n) is 5.34. The van der Waals surface area contributed by atoms with Crippen LogP contribution in [-0.4, -0.2) is 28.9 Å². The largest absolute Gasteiger partial charge is 0.338 e. The van der Waals surface area contributed by atoms with Crippen molar-refractivity contribution in [3.05, 3.63) is 29.8 Å². The molecule has 1 rings (SSSR count). The van der Waals surface area contributed by atoms with E-state index < -0.39 is 5.95 Å². The smallest absolute Gasteiger partial charge is 0.258 e. The predicted molar refractivity (Wildman–Crippen MR) is 69.8 cm³/mol. The maximum Gasteiger partial charge on any atom is 0.258 e. The Bertz CT molecular complexity index is 395. The van der Waals surface area contributed by atoms with Gasteiger partial charge in [-0.2, -0.15) is 4.39 Å². The molecule has 0 saturated carbocycles. The SMILES string of the molecule is CC(C)CN(CC(C)C)C(=O)c1cccnc1F. The summed E-state index contributed by atoms with van der Waals surface area (Å²) in [5.74, 6) is -0.261. The molecule has 0 atom stereocenters. The third-order valence-electron chi connectivity index (χ3n) is 2.45. The Morgan fingerprint density at radius 3 is 2.28 bits per heavy atom. The molecule has 3 nitrogen and oxygen atoms in total. The number of pyridine rings is 1. The van der Waals surface area contributed by atoms with Crippen LogP contribution >= 0.6 is 0 Å². The Labute approximate surface area is 108 Å². The minimum atomic E-state index is -0.694. The lowest BCUT2D eigenvalue weighted by molar-refractivity contribution is 0.0709. The summed E-state index contributed by atoms with van der Waals surface area (Å²) in [7, 11) is 0. The molecule has 1 aromatic heterocycles. The van der Waals surface area contributed by atoms with E-state index in [1.165, 1.54) is 12.3 Å². The first-order chi connectivity index (χ1) is 8.41. The van der Waals surface area contributed by atoms with E-state index >= 15 is 0 Å². The second kappa shape index (κ2) is 6.47. The minimum absolute atomic E-state index is 0.0544. The van der Waals surface area contributed by atoms with Crippen LogP contribution in [-0.2, 0) is 0 Å². The average molecular weight is 252 g/mol. The molecule has 1 amide bonds. The molecule has 0 aliphatic rings. The molecule has 0 saturated heterocycles. The Morgan fingerprint density at radius 2 is 1.83 bits per heavy atom. The Hall–Kier alpha value is -1.45. The average Bonchev–Trinajstić information content (AvgIpc) is 2.26. The van der Waals surface area contributed by atoms with E-state index in [0.717, 1.165) is 0 Å². The Morgan fingerprint density at radius 1 is 1.28 bits per heavy atom. The quantitative estimate of drug-likeness (QED) is 0.755. The number of carbonyl (C=O) groups is 1. The van der Waals surface area contributed by atoms with E-state index in [-0.39, 0.29) is 11.5 Å². The van der Waals surface area contributed by atoms with Gasteiger partial charge < -0.3 is 4.90 Å². The van der Waals surface area contributed by atoms with Gasteiger partial charge in [0, 0.05) is 19.3 Å². The zero-order valence-corrected chi connectivity index (χ0v) is 11.5. The number of hydrogen-bond acceptors (Lipinski definition) is 2. The number of amides is 1. The van der Waals surface area contributed by atoms with Crippen LogP contribution in [0.2, 0.25) is 0 Å².